The Bertz CT molecular complexity index is 1410. The van der Waals surface area contributed by atoms with Crippen molar-refractivity contribution in [2.24, 2.45) is 0 Å². The average molecular weight is 491 g/mol. The van der Waals surface area contributed by atoms with Crippen LogP contribution in [-0.2, 0) is 4.79 Å². The van der Waals surface area contributed by atoms with Crippen molar-refractivity contribution in [2.75, 3.05) is 11.1 Å². The van der Waals surface area contributed by atoms with E-state index in [2.05, 4.69) is 27.1 Å². The Labute approximate surface area is 205 Å². The van der Waals surface area contributed by atoms with Crippen LogP contribution < -0.4 is 15.8 Å². The Hall–Kier alpha value is -4.34. The molecule has 4 aromatic rings. The highest BCUT2D eigenvalue weighted by Crippen LogP contribution is 2.38. The maximum Gasteiger partial charge on any atom is 0.248 e. The van der Waals surface area contributed by atoms with Gasteiger partial charge in [0.25, 0.3) is 0 Å². The SMILES string of the molecule is C=CC(=O)Nc1ccc(-c2nn3ncnc(N)c3c2-c2ccc(OC3CCC(F)(F)CC3)cc2)cc1. The number of ether oxygens (including phenoxy) is 1. The first-order chi connectivity index (χ1) is 17.3. The van der Waals surface area contributed by atoms with Gasteiger partial charge < -0.3 is 15.8 Å². The van der Waals surface area contributed by atoms with Gasteiger partial charge in [-0.25, -0.2) is 13.8 Å². The lowest BCUT2D eigenvalue weighted by atomic mass is 9.94. The van der Waals surface area contributed by atoms with E-state index < -0.39 is 5.92 Å². The third kappa shape index (κ3) is 4.74. The summed E-state index contributed by atoms with van der Waals surface area (Å²) in [6.07, 6.45) is 2.64. The van der Waals surface area contributed by atoms with Gasteiger partial charge in [-0.2, -0.15) is 0 Å². The number of anilines is 2. The van der Waals surface area contributed by atoms with Crippen molar-refractivity contribution in [3.8, 4) is 28.1 Å². The minimum atomic E-state index is -2.60. The normalized spacial score (nSPS) is 15.5. The number of amides is 1. The number of hydrogen-bond donors (Lipinski definition) is 2. The van der Waals surface area contributed by atoms with Gasteiger partial charge in [-0.15, -0.1) is 14.8 Å². The molecule has 0 bridgehead atoms. The van der Waals surface area contributed by atoms with Gasteiger partial charge in [-0.05, 0) is 48.7 Å². The molecule has 0 atom stereocenters. The zero-order valence-corrected chi connectivity index (χ0v) is 19.3. The van der Waals surface area contributed by atoms with Crippen molar-refractivity contribution < 1.29 is 18.3 Å². The standard InChI is InChI=1S/C26H24F2N6O2/c1-2-21(35)32-18-7-3-17(4-8-18)23-22(24-25(29)30-15-31-34(24)33-23)16-5-9-19(10-6-16)36-20-11-13-26(27,28)14-12-20/h2-10,15,20H,1,11-14H2,(H,32,35)(H2,29,30,31). The fourth-order valence-corrected chi connectivity index (χ4v) is 4.32. The molecule has 2 heterocycles. The number of carbonyl (C=O) groups is 1. The van der Waals surface area contributed by atoms with Crippen molar-refractivity contribution in [1.82, 2.24) is 19.8 Å². The van der Waals surface area contributed by atoms with Crippen LogP contribution in [-0.4, -0.2) is 37.7 Å². The number of rotatable bonds is 6. The van der Waals surface area contributed by atoms with E-state index in [0.29, 0.717) is 35.5 Å². The number of alkyl halides is 2. The Kier molecular flexibility index (Phi) is 6.09. The molecule has 36 heavy (non-hydrogen) atoms. The van der Waals surface area contributed by atoms with Crippen LogP contribution in [0.5, 0.6) is 5.75 Å². The van der Waals surface area contributed by atoms with Gasteiger partial charge in [0.05, 0.1) is 6.10 Å². The Morgan fingerprint density at radius 2 is 1.78 bits per heavy atom. The summed E-state index contributed by atoms with van der Waals surface area (Å²) < 4.78 is 34.3. The number of aromatic nitrogens is 4. The van der Waals surface area contributed by atoms with Crippen LogP contribution in [0.1, 0.15) is 25.7 Å². The van der Waals surface area contributed by atoms with Crippen LogP contribution in [0.2, 0.25) is 0 Å². The van der Waals surface area contributed by atoms with E-state index in [0.717, 1.165) is 16.7 Å². The number of nitrogens with one attached hydrogen (secondary N) is 1. The molecule has 2 aromatic carbocycles. The van der Waals surface area contributed by atoms with Crippen molar-refractivity contribution in [3.63, 3.8) is 0 Å². The molecule has 0 radical (unpaired) electrons. The minimum Gasteiger partial charge on any atom is -0.490 e. The van der Waals surface area contributed by atoms with Gasteiger partial charge in [0.1, 0.15) is 23.3 Å². The lowest BCUT2D eigenvalue weighted by Crippen LogP contribution is -2.30. The average Bonchev–Trinajstić information content (AvgIpc) is 3.27. The van der Waals surface area contributed by atoms with E-state index in [4.69, 9.17) is 10.5 Å². The fraction of sp³-hybridized carbons (Fsp3) is 0.231. The number of nitrogen functional groups attached to an aromatic ring is 1. The number of nitrogens with zero attached hydrogens (tertiary/aromatic N) is 4. The van der Waals surface area contributed by atoms with E-state index in [-0.39, 0.29) is 30.7 Å². The summed E-state index contributed by atoms with van der Waals surface area (Å²) in [5.74, 6) is -2.01. The van der Waals surface area contributed by atoms with E-state index in [9.17, 15) is 13.6 Å². The summed E-state index contributed by atoms with van der Waals surface area (Å²) in [5, 5.41) is 11.6. The van der Waals surface area contributed by atoms with Gasteiger partial charge in [-0.1, -0.05) is 30.8 Å². The highest BCUT2D eigenvalue weighted by atomic mass is 19.3. The fourth-order valence-electron chi connectivity index (χ4n) is 4.32. The van der Waals surface area contributed by atoms with E-state index in [1.165, 1.54) is 17.0 Å². The van der Waals surface area contributed by atoms with Crippen LogP contribution in [0, 0.1) is 0 Å². The smallest absolute Gasteiger partial charge is 0.248 e. The third-order valence-corrected chi connectivity index (χ3v) is 6.19. The van der Waals surface area contributed by atoms with Gasteiger partial charge >= 0.3 is 0 Å². The number of fused-ring (bicyclic) bond motifs is 1. The molecule has 0 aliphatic heterocycles. The van der Waals surface area contributed by atoms with Crippen molar-refractivity contribution in [1.29, 1.82) is 0 Å². The number of halogens is 2. The van der Waals surface area contributed by atoms with Crippen molar-refractivity contribution in [2.45, 2.75) is 37.7 Å². The highest BCUT2D eigenvalue weighted by Gasteiger charge is 2.35. The second-order valence-corrected chi connectivity index (χ2v) is 8.68. The molecule has 0 unspecified atom stereocenters. The summed E-state index contributed by atoms with van der Waals surface area (Å²) in [5.41, 5.74) is 10.3. The van der Waals surface area contributed by atoms with Crippen molar-refractivity contribution >= 4 is 22.9 Å². The second-order valence-electron chi connectivity index (χ2n) is 8.68. The number of carbonyl (C=O) groups excluding carboxylic acids is 1. The first kappa shape index (κ1) is 23.4. The van der Waals surface area contributed by atoms with Gasteiger partial charge in [0.2, 0.25) is 11.8 Å². The molecule has 1 aliphatic rings. The Morgan fingerprint density at radius 3 is 2.44 bits per heavy atom. The molecule has 1 aliphatic carbocycles. The molecule has 10 heteroatoms. The summed E-state index contributed by atoms with van der Waals surface area (Å²) >= 11 is 0. The van der Waals surface area contributed by atoms with Crippen LogP contribution in [0.3, 0.4) is 0 Å². The van der Waals surface area contributed by atoms with Gasteiger partial charge in [0.15, 0.2) is 5.82 Å². The molecule has 1 saturated carbocycles. The van der Waals surface area contributed by atoms with E-state index in [1.807, 2.05) is 36.4 Å². The number of benzene rings is 2. The first-order valence-electron chi connectivity index (χ1n) is 11.5. The Balaban J connectivity index is 1.47. The molecule has 1 amide bonds. The van der Waals surface area contributed by atoms with Crippen LogP contribution >= 0.6 is 0 Å². The summed E-state index contributed by atoms with van der Waals surface area (Å²) in [6.45, 7) is 3.46. The third-order valence-electron chi connectivity index (χ3n) is 6.19. The molecule has 5 rings (SSSR count). The lowest BCUT2D eigenvalue weighted by molar-refractivity contribution is -0.111. The minimum absolute atomic E-state index is 0.156. The molecule has 3 N–H and O–H groups in total. The second kappa shape index (κ2) is 9.37. The van der Waals surface area contributed by atoms with Crippen LogP contribution in [0.4, 0.5) is 20.3 Å². The molecule has 8 nitrogen and oxygen atoms in total. The number of hydrogen-bond acceptors (Lipinski definition) is 6. The predicted molar refractivity (Wildman–Crippen MR) is 133 cm³/mol. The monoisotopic (exact) mass is 490 g/mol. The molecule has 2 aromatic heterocycles. The summed E-state index contributed by atoms with van der Waals surface area (Å²) in [6, 6.07) is 14.6. The molecular formula is C26H24F2N6O2. The zero-order chi connectivity index (χ0) is 25.3. The summed E-state index contributed by atoms with van der Waals surface area (Å²) in [4.78, 5) is 15.7. The summed E-state index contributed by atoms with van der Waals surface area (Å²) in [7, 11) is 0. The van der Waals surface area contributed by atoms with Gasteiger partial charge in [0, 0.05) is 29.7 Å². The van der Waals surface area contributed by atoms with Gasteiger partial charge in [-0.3, -0.25) is 4.79 Å². The maximum atomic E-state index is 13.5. The first-order valence-corrected chi connectivity index (χ1v) is 11.5. The zero-order valence-electron chi connectivity index (χ0n) is 19.3. The van der Waals surface area contributed by atoms with Crippen LogP contribution in [0.25, 0.3) is 27.9 Å². The molecule has 0 saturated heterocycles. The number of nitrogens with two attached hydrogens (primary N) is 1. The van der Waals surface area contributed by atoms with Crippen molar-refractivity contribution in [3.05, 3.63) is 67.5 Å². The Morgan fingerprint density at radius 1 is 1.11 bits per heavy atom. The topological polar surface area (TPSA) is 107 Å². The quantitative estimate of drug-likeness (QED) is 0.363. The molecular weight excluding hydrogens is 466 g/mol. The highest BCUT2D eigenvalue weighted by molar-refractivity contribution is 5.99. The molecule has 184 valence electrons. The largest absolute Gasteiger partial charge is 0.490 e. The van der Waals surface area contributed by atoms with E-state index in [1.54, 1.807) is 12.1 Å². The molecule has 1 fully saturated rings. The van der Waals surface area contributed by atoms with Crippen LogP contribution in [0.15, 0.2) is 67.5 Å². The molecule has 0 spiro atoms. The predicted octanol–water partition coefficient (Wildman–Crippen LogP) is 5.12. The van der Waals surface area contributed by atoms with E-state index >= 15 is 0 Å². The lowest BCUT2D eigenvalue weighted by Gasteiger charge is -2.28. The maximum absolute atomic E-state index is 13.5.